The number of fused-ring (bicyclic) bond motifs is 3. The third-order valence-electron chi connectivity index (χ3n) is 4.62. The van der Waals surface area contributed by atoms with Gasteiger partial charge in [-0.05, 0) is 18.2 Å². The molecule has 0 spiro atoms. The van der Waals surface area contributed by atoms with E-state index in [0.717, 1.165) is 9.08 Å². The highest BCUT2D eigenvalue weighted by molar-refractivity contribution is 5.92. The molecule has 0 radical (unpaired) electrons. The van der Waals surface area contributed by atoms with Gasteiger partial charge in [-0.2, -0.15) is 0 Å². The van der Waals surface area contributed by atoms with Crippen LogP contribution in [-0.2, 0) is 11.3 Å². The summed E-state index contributed by atoms with van der Waals surface area (Å²) < 4.78 is 31.6. The number of aromatic nitrogens is 4. The Morgan fingerprint density at radius 1 is 1.10 bits per heavy atom. The minimum absolute atomic E-state index is 0.204. The van der Waals surface area contributed by atoms with Gasteiger partial charge >= 0.3 is 5.69 Å². The van der Waals surface area contributed by atoms with Crippen LogP contribution in [0.1, 0.15) is 0 Å². The van der Waals surface area contributed by atoms with Gasteiger partial charge < -0.3 is 19.5 Å². The van der Waals surface area contributed by atoms with Gasteiger partial charge in [0.2, 0.25) is 11.7 Å². The van der Waals surface area contributed by atoms with Gasteiger partial charge in [0.1, 0.15) is 18.7 Å². The summed E-state index contributed by atoms with van der Waals surface area (Å²) in [4.78, 5) is 29.3. The monoisotopic (exact) mass is 427 g/mol. The molecule has 31 heavy (non-hydrogen) atoms. The number of nitrogens with zero attached hydrogens (tertiary/aromatic N) is 4. The molecule has 1 amide bonds. The van der Waals surface area contributed by atoms with E-state index in [-0.39, 0.29) is 12.2 Å². The van der Waals surface area contributed by atoms with Crippen molar-refractivity contribution in [2.24, 2.45) is 0 Å². The Labute approximate surface area is 174 Å². The second-order valence-corrected chi connectivity index (χ2v) is 6.50. The number of ether oxygens (including phenoxy) is 3. The molecule has 0 aliphatic carbocycles. The average molecular weight is 427 g/mol. The lowest BCUT2D eigenvalue weighted by Gasteiger charge is -2.14. The molecule has 0 saturated carbocycles. The van der Waals surface area contributed by atoms with Crippen LogP contribution < -0.4 is 25.2 Å². The Balaban J connectivity index is 1.65. The molecule has 2 heterocycles. The topological polar surface area (TPSA) is 109 Å². The minimum Gasteiger partial charge on any atom is -0.493 e. The van der Waals surface area contributed by atoms with E-state index < -0.39 is 17.4 Å². The van der Waals surface area contributed by atoms with E-state index in [9.17, 15) is 14.0 Å². The zero-order valence-electron chi connectivity index (χ0n) is 16.9. The SMILES string of the molecule is COc1cc(NC(=O)Cn2nc3c4cc(F)ccc4ncn3c2=O)cc(OC)c1OC. The molecule has 4 rings (SSSR count). The molecule has 160 valence electrons. The zero-order chi connectivity index (χ0) is 22.1. The fraction of sp³-hybridized carbons (Fsp3) is 0.200. The van der Waals surface area contributed by atoms with Gasteiger partial charge in [0.25, 0.3) is 0 Å². The number of amides is 1. The summed E-state index contributed by atoms with van der Waals surface area (Å²) in [5, 5.41) is 7.22. The Bertz CT molecular complexity index is 1340. The molecule has 10 nitrogen and oxygen atoms in total. The summed E-state index contributed by atoms with van der Waals surface area (Å²) in [6, 6.07) is 7.12. The molecule has 0 aliphatic heterocycles. The molecule has 0 unspecified atom stereocenters. The van der Waals surface area contributed by atoms with Gasteiger partial charge in [-0.15, -0.1) is 5.10 Å². The molecular formula is C20H18FN5O5. The van der Waals surface area contributed by atoms with Gasteiger partial charge in [0, 0.05) is 23.2 Å². The van der Waals surface area contributed by atoms with Gasteiger partial charge in [-0.3, -0.25) is 4.79 Å². The number of nitrogens with one attached hydrogen (secondary N) is 1. The van der Waals surface area contributed by atoms with Crippen molar-refractivity contribution in [1.82, 2.24) is 19.2 Å². The highest BCUT2D eigenvalue weighted by Crippen LogP contribution is 2.39. The minimum atomic E-state index is -0.575. The van der Waals surface area contributed by atoms with Crippen LogP contribution in [0.4, 0.5) is 10.1 Å². The first-order valence-electron chi connectivity index (χ1n) is 9.08. The highest BCUT2D eigenvalue weighted by atomic mass is 19.1. The molecule has 0 atom stereocenters. The lowest BCUT2D eigenvalue weighted by molar-refractivity contribution is -0.117. The number of methoxy groups -OCH3 is 3. The summed E-state index contributed by atoms with van der Waals surface area (Å²) >= 11 is 0. The number of carbonyl (C=O) groups is 1. The first-order valence-corrected chi connectivity index (χ1v) is 9.08. The second kappa shape index (κ2) is 7.94. The lowest BCUT2D eigenvalue weighted by atomic mass is 10.2. The summed E-state index contributed by atoms with van der Waals surface area (Å²) in [5.74, 6) is 0.113. The van der Waals surface area contributed by atoms with Crippen molar-refractivity contribution in [3.8, 4) is 17.2 Å². The van der Waals surface area contributed by atoms with E-state index in [1.54, 1.807) is 12.1 Å². The van der Waals surface area contributed by atoms with Crippen molar-refractivity contribution in [3.05, 3.63) is 53.0 Å². The fourth-order valence-corrected chi connectivity index (χ4v) is 3.22. The van der Waals surface area contributed by atoms with Gasteiger partial charge in [-0.1, -0.05) is 0 Å². The number of rotatable bonds is 6. The molecule has 2 aromatic carbocycles. The average Bonchev–Trinajstić information content (AvgIpc) is 3.08. The fourth-order valence-electron chi connectivity index (χ4n) is 3.22. The number of anilines is 1. The number of hydrogen-bond donors (Lipinski definition) is 1. The van der Waals surface area contributed by atoms with E-state index in [0.29, 0.717) is 33.8 Å². The van der Waals surface area contributed by atoms with Gasteiger partial charge in [-0.25, -0.2) is 23.3 Å². The van der Waals surface area contributed by atoms with Crippen LogP contribution in [0.5, 0.6) is 17.2 Å². The summed E-state index contributed by atoms with van der Waals surface area (Å²) in [6.07, 6.45) is 1.29. The number of carbonyl (C=O) groups excluding carboxylic acids is 1. The van der Waals surface area contributed by atoms with Crippen LogP contribution in [0.2, 0.25) is 0 Å². The Morgan fingerprint density at radius 2 is 1.81 bits per heavy atom. The standard InChI is InChI=1S/C20H18FN5O5/c1-29-15-7-12(8-16(30-2)18(15)31-3)23-17(27)9-26-20(28)25-10-22-14-5-4-11(21)6-13(14)19(25)24-26/h4-8,10H,9H2,1-3H3,(H,23,27). The maximum absolute atomic E-state index is 13.7. The predicted molar refractivity (Wildman–Crippen MR) is 109 cm³/mol. The molecule has 0 fully saturated rings. The van der Waals surface area contributed by atoms with E-state index in [4.69, 9.17) is 14.2 Å². The van der Waals surface area contributed by atoms with Gasteiger partial charge in [0.15, 0.2) is 17.1 Å². The van der Waals surface area contributed by atoms with Crippen molar-refractivity contribution in [3.63, 3.8) is 0 Å². The number of hydrogen-bond acceptors (Lipinski definition) is 7. The van der Waals surface area contributed by atoms with Crippen molar-refractivity contribution < 1.29 is 23.4 Å². The smallest absolute Gasteiger partial charge is 0.352 e. The summed E-state index contributed by atoms with van der Waals surface area (Å²) in [5.41, 5.74) is 0.488. The maximum atomic E-state index is 13.7. The quantitative estimate of drug-likeness (QED) is 0.500. The largest absolute Gasteiger partial charge is 0.493 e. The van der Waals surface area contributed by atoms with E-state index in [2.05, 4.69) is 15.4 Å². The molecule has 0 aliphatic rings. The molecule has 1 N–H and O–H groups in total. The third kappa shape index (κ3) is 3.61. The molecule has 0 bridgehead atoms. The van der Waals surface area contributed by atoms with Crippen LogP contribution >= 0.6 is 0 Å². The Morgan fingerprint density at radius 3 is 2.45 bits per heavy atom. The molecule has 0 saturated heterocycles. The normalized spacial score (nSPS) is 11.0. The van der Waals surface area contributed by atoms with E-state index in [1.807, 2.05) is 0 Å². The van der Waals surface area contributed by atoms with E-state index >= 15 is 0 Å². The summed E-state index contributed by atoms with van der Waals surface area (Å²) in [6.45, 7) is -0.367. The third-order valence-corrected chi connectivity index (χ3v) is 4.62. The number of halogens is 1. The number of benzene rings is 2. The first kappa shape index (κ1) is 20.1. The molecule has 4 aromatic rings. The molecular weight excluding hydrogens is 409 g/mol. The highest BCUT2D eigenvalue weighted by Gasteiger charge is 2.17. The molecule has 11 heteroatoms. The van der Waals surface area contributed by atoms with Crippen LogP contribution in [0.25, 0.3) is 16.6 Å². The summed E-state index contributed by atoms with van der Waals surface area (Å²) in [7, 11) is 4.39. The van der Waals surface area contributed by atoms with Gasteiger partial charge in [0.05, 0.1) is 26.8 Å². The molecule has 2 aromatic heterocycles. The van der Waals surface area contributed by atoms with Crippen LogP contribution in [-0.4, -0.2) is 46.4 Å². The van der Waals surface area contributed by atoms with Crippen molar-refractivity contribution >= 4 is 28.1 Å². The van der Waals surface area contributed by atoms with Crippen molar-refractivity contribution in [2.45, 2.75) is 6.54 Å². The van der Waals surface area contributed by atoms with Crippen LogP contribution in [0.15, 0.2) is 41.5 Å². The van der Waals surface area contributed by atoms with Crippen molar-refractivity contribution in [2.75, 3.05) is 26.6 Å². The zero-order valence-corrected chi connectivity index (χ0v) is 16.9. The van der Waals surface area contributed by atoms with Crippen molar-refractivity contribution in [1.29, 1.82) is 0 Å². The second-order valence-electron chi connectivity index (χ2n) is 6.50. The van der Waals surface area contributed by atoms with Crippen LogP contribution in [0, 0.1) is 5.82 Å². The first-order chi connectivity index (χ1) is 14.9. The Hall–Kier alpha value is -4.15. The maximum Gasteiger partial charge on any atom is 0.352 e. The lowest BCUT2D eigenvalue weighted by Crippen LogP contribution is -2.28. The Kier molecular flexibility index (Phi) is 5.15. The van der Waals surface area contributed by atoms with Crippen LogP contribution in [0.3, 0.4) is 0 Å². The predicted octanol–water partition coefficient (Wildman–Crippen LogP) is 1.85. The van der Waals surface area contributed by atoms with E-state index in [1.165, 1.54) is 45.9 Å².